The Kier molecular flexibility index (Phi) is 7.20. The predicted octanol–water partition coefficient (Wildman–Crippen LogP) is 2.58. The Morgan fingerprint density at radius 2 is 1.94 bits per heavy atom. The van der Waals surface area contributed by atoms with Gasteiger partial charge in [0.2, 0.25) is 0 Å². The van der Waals surface area contributed by atoms with Crippen LogP contribution in [0.3, 0.4) is 0 Å². The summed E-state index contributed by atoms with van der Waals surface area (Å²) in [7, 11) is 0. The van der Waals surface area contributed by atoms with Crippen LogP contribution in [0, 0.1) is 11.8 Å². The van der Waals surface area contributed by atoms with E-state index >= 15 is 0 Å². The molecular weight excluding hydrogens is 226 g/mol. The Labute approximate surface area is 112 Å². The van der Waals surface area contributed by atoms with Crippen LogP contribution in [0.4, 0.5) is 0 Å². The summed E-state index contributed by atoms with van der Waals surface area (Å²) in [5.74, 6) is 1.52. The minimum Gasteiger partial charge on any atom is -0.394 e. The molecular formula is C15H31NO2. The molecule has 0 aromatic heterocycles. The van der Waals surface area contributed by atoms with Gasteiger partial charge in [-0.2, -0.15) is 0 Å². The lowest BCUT2D eigenvalue weighted by molar-refractivity contribution is 0.0811. The molecule has 1 rings (SSSR count). The number of aliphatic hydroxyl groups excluding tert-OH is 1. The summed E-state index contributed by atoms with van der Waals surface area (Å²) in [6.07, 6.45) is 5.76. The summed E-state index contributed by atoms with van der Waals surface area (Å²) in [5, 5.41) is 13.1. The van der Waals surface area contributed by atoms with Crippen molar-refractivity contribution in [3.63, 3.8) is 0 Å². The van der Waals surface area contributed by atoms with Gasteiger partial charge in [0.15, 0.2) is 0 Å². The van der Waals surface area contributed by atoms with Gasteiger partial charge in [0.05, 0.1) is 13.2 Å². The van der Waals surface area contributed by atoms with E-state index in [2.05, 4.69) is 26.1 Å². The molecule has 0 spiro atoms. The largest absolute Gasteiger partial charge is 0.394 e. The SMILES string of the molecule is CC(C)CCOCCNC1(CO)CCC(C)CC1. The maximum atomic E-state index is 9.60. The lowest BCUT2D eigenvalue weighted by Crippen LogP contribution is -2.51. The van der Waals surface area contributed by atoms with Gasteiger partial charge >= 0.3 is 0 Å². The van der Waals surface area contributed by atoms with Crippen molar-refractivity contribution in [2.75, 3.05) is 26.4 Å². The molecule has 108 valence electrons. The molecule has 1 aliphatic carbocycles. The third-order valence-electron chi connectivity index (χ3n) is 4.12. The fourth-order valence-corrected chi connectivity index (χ4v) is 2.51. The number of hydrogen-bond acceptors (Lipinski definition) is 3. The topological polar surface area (TPSA) is 41.5 Å². The minimum atomic E-state index is -0.0338. The van der Waals surface area contributed by atoms with Gasteiger partial charge in [0.1, 0.15) is 0 Å². The van der Waals surface area contributed by atoms with Crippen molar-refractivity contribution in [3.8, 4) is 0 Å². The number of hydrogen-bond donors (Lipinski definition) is 2. The number of aliphatic hydroxyl groups is 1. The quantitative estimate of drug-likeness (QED) is 0.657. The molecule has 0 amide bonds. The molecule has 0 bridgehead atoms. The molecule has 3 nitrogen and oxygen atoms in total. The van der Waals surface area contributed by atoms with Crippen LogP contribution in [0.2, 0.25) is 0 Å². The molecule has 0 heterocycles. The maximum absolute atomic E-state index is 9.60. The van der Waals surface area contributed by atoms with E-state index in [1.807, 2.05) is 0 Å². The smallest absolute Gasteiger partial charge is 0.0613 e. The maximum Gasteiger partial charge on any atom is 0.0613 e. The van der Waals surface area contributed by atoms with Gasteiger partial charge in [-0.1, -0.05) is 20.8 Å². The third kappa shape index (κ3) is 5.68. The molecule has 0 aliphatic heterocycles. The van der Waals surface area contributed by atoms with Gasteiger partial charge in [0.25, 0.3) is 0 Å². The van der Waals surface area contributed by atoms with Crippen LogP contribution in [0.15, 0.2) is 0 Å². The van der Waals surface area contributed by atoms with Crippen molar-refractivity contribution in [1.29, 1.82) is 0 Å². The first-order valence-electron chi connectivity index (χ1n) is 7.51. The molecule has 0 atom stereocenters. The average Bonchev–Trinajstić information content (AvgIpc) is 2.36. The van der Waals surface area contributed by atoms with E-state index in [4.69, 9.17) is 4.74 Å². The second-order valence-corrected chi connectivity index (χ2v) is 6.34. The third-order valence-corrected chi connectivity index (χ3v) is 4.12. The van der Waals surface area contributed by atoms with Crippen molar-refractivity contribution in [1.82, 2.24) is 5.32 Å². The number of rotatable bonds is 8. The molecule has 18 heavy (non-hydrogen) atoms. The van der Waals surface area contributed by atoms with Gasteiger partial charge in [-0.15, -0.1) is 0 Å². The standard InChI is InChI=1S/C15H31NO2/c1-13(2)6-10-18-11-9-16-15(12-17)7-4-14(3)5-8-15/h13-14,16-17H,4-12H2,1-3H3. The molecule has 1 saturated carbocycles. The van der Waals surface area contributed by atoms with E-state index in [9.17, 15) is 5.11 Å². The Morgan fingerprint density at radius 1 is 1.28 bits per heavy atom. The monoisotopic (exact) mass is 257 g/mol. The van der Waals surface area contributed by atoms with Gasteiger partial charge in [0, 0.05) is 18.7 Å². The predicted molar refractivity (Wildman–Crippen MR) is 75.7 cm³/mol. The number of nitrogens with one attached hydrogen (secondary N) is 1. The second-order valence-electron chi connectivity index (χ2n) is 6.34. The minimum absolute atomic E-state index is 0.0338. The summed E-state index contributed by atoms with van der Waals surface area (Å²) in [6.45, 7) is 9.44. The average molecular weight is 257 g/mol. The van der Waals surface area contributed by atoms with E-state index < -0.39 is 0 Å². The highest BCUT2D eigenvalue weighted by molar-refractivity contribution is 4.91. The molecule has 0 unspecified atom stereocenters. The summed E-state index contributed by atoms with van der Waals surface area (Å²) in [5.41, 5.74) is -0.0338. The lowest BCUT2D eigenvalue weighted by Gasteiger charge is -2.39. The molecule has 1 aliphatic rings. The Morgan fingerprint density at radius 3 is 2.50 bits per heavy atom. The summed E-state index contributed by atoms with van der Waals surface area (Å²) in [6, 6.07) is 0. The van der Waals surface area contributed by atoms with Crippen LogP contribution in [-0.2, 0) is 4.74 Å². The summed E-state index contributed by atoms with van der Waals surface area (Å²) in [4.78, 5) is 0. The van der Waals surface area contributed by atoms with Crippen LogP contribution in [-0.4, -0.2) is 37.0 Å². The zero-order chi connectivity index (χ0) is 13.4. The van der Waals surface area contributed by atoms with Gasteiger partial charge in [-0.25, -0.2) is 0 Å². The first-order valence-corrected chi connectivity index (χ1v) is 7.51. The molecule has 0 saturated heterocycles. The van der Waals surface area contributed by atoms with Crippen molar-refractivity contribution in [2.24, 2.45) is 11.8 Å². The van der Waals surface area contributed by atoms with Gasteiger partial charge in [-0.3, -0.25) is 0 Å². The van der Waals surface area contributed by atoms with E-state index in [0.29, 0.717) is 5.92 Å². The first-order chi connectivity index (χ1) is 8.58. The normalized spacial score (nSPS) is 28.8. The molecule has 3 heteroatoms. The van der Waals surface area contributed by atoms with E-state index in [0.717, 1.165) is 44.9 Å². The molecule has 2 N–H and O–H groups in total. The van der Waals surface area contributed by atoms with E-state index in [1.54, 1.807) is 0 Å². The van der Waals surface area contributed by atoms with Crippen molar-refractivity contribution < 1.29 is 9.84 Å². The second kappa shape index (κ2) is 8.13. The zero-order valence-electron chi connectivity index (χ0n) is 12.4. The fourth-order valence-electron chi connectivity index (χ4n) is 2.51. The highest BCUT2D eigenvalue weighted by Gasteiger charge is 2.32. The van der Waals surface area contributed by atoms with Crippen LogP contribution < -0.4 is 5.32 Å². The summed E-state index contributed by atoms with van der Waals surface area (Å²) < 4.78 is 5.60. The zero-order valence-corrected chi connectivity index (χ0v) is 12.4. The molecule has 1 fully saturated rings. The number of ether oxygens (including phenoxy) is 1. The first kappa shape index (κ1) is 15.9. The van der Waals surface area contributed by atoms with Gasteiger partial charge < -0.3 is 15.2 Å². The molecule has 0 radical (unpaired) electrons. The van der Waals surface area contributed by atoms with Crippen LogP contribution >= 0.6 is 0 Å². The molecule has 0 aromatic carbocycles. The Hall–Kier alpha value is -0.120. The van der Waals surface area contributed by atoms with Crippen molar-refractivity contribution in [2.45, 2.75) is 58.4 Å². The lowest BCUT2D eigenvalue weighted by atomic mass is 9.77. The Balaban J connectivity index is 2.12. The summed E-state index contributed by atoms with van der Waals surface area (Å²) >= 11 is 0. The molecule has 0 aromatic rings. The van der Waals surface area contributed by atoms with E-state index in [-0.39, 0.29) is 12.1 Å². The van der Waals surface area contributed by atoms with Crippen molar-refractivity contribution in [3.05, 3.63) is 0 Å². The van der Waals surface area contributed by atoms with Crippen LogP contribution in [0.5, 0.6) is 0 Å². The van der Waals surface area contributed by atoms with Crippen LogP contribution in [0.25, 0.3) is 0 Å². The fraction of sp³-hybridized carbons (Fsp3) is 1.00. The van der Waals surface area contributed by atoms with Crippen LogP contribution in [0.1, 0.15) is 52.9 Å². The van der Waals surface area contributed by atoms with E-state index in [1.165, 1.54) is 12.8 Å². The van der Waals surface area contributed by atoms with Crippen molar-refractivity contribution >= 4 is 0 Å². The Bertz CT molecular complexity index is 211. The highest BCUT2D eigenvalue weighted by Crippen LogP contribution is 2.31. The van der Waals surface area contributed by atoms with Gasteiger partial charge in [-0.05, 0) is 43.9 Å². The highest BCUT2D eigenvalue weighted by atomic mass is 16.5.